The van der Waals surface area contributed by atoms with Crippen molar-refractivity contribution in [3.05, 3.63) is 59.1 Å². The maximum absolute atomic E-state index is 11.9. The smallest absolute Gasteiger partial charge is 0.225 e. The maximum Gasteiger partial charge on any atom is 0.225 e. The van der Waals surface area contributed by atoms with Gasteiger partial charge in [-0.3, -0.25) is 4.79 Å². The van der Waals surface area contributed by atoms with Crippen molar-refractivity contribution in [1.29, 1.82) is 0 Å². The number of amides is 1. The third-order valence-electron chi connectivity index (χ3n) is 2.80. The average molecular weight is 306 g/mol. The first-order valence-electron chi connectivity index (χ1n) is 6.39. The molecule has 0 aliphatic rings. The Labute approximate surface area is 128 Å². The Morgan fingerprint density at radius 1 is 1.20 bits per heavy atom. The van der Waals surface area contributed by atoms with Gasteiger partial charge in [-0.15, -0.1) is 11.8 Å². The van der Waals surface area contributed by atoms with Crippen LogP contribution >= 0.6 is 23.4 Å². The van der Waals surface area contributed by atoms with Crippen LogP contribution < -0.4 is 5.32 Å². The quantitative estimate of drug-likeness (QED) is 0.806. The molecule has 0 atom stereocenters. The van der Waals surface area contributed by atoms with E-state index >= 15 is 0 Å². The highest BCUT2D eigenvalue weighted by atomic mass is 35.5. The van der Waals surface area contributed by atoms with Gasteiger partial charge in [0.2, 0.25) is 5.91 Å². The molecule has 2 nitrogen and oxygen atoms in total. The summed E-state index contributed by atoms with van der Waals surface area (Å²) >= 11 is 7.57. The summed E-state index contributed by atoms with van der Waals surface area (Å²) in [7, 11) is 0. The van der Waals surface area contributed by atoms with Crippen molar-refractivity contribution in [2.24, 2.45) is 0 Å². The number of rotatable bonds is 5. The van der Waals surface area contributed by atoms with E-state index in [4.69, 9.17) is 11.6 Å². The van der Waals surface area contributed by atoms with E-state index in [0.29, 0.717) is 11.4 Å². The number of hydrogen-bond donors (Lipinski definition) is 1. The predicted octanol–water partition coefficient (Wildman–Crippen LogP) is 4.77. The number of benzene rings is 2. The second-order valence-corrected chi connectivity index (χ2v) is 6.02. The molecule has 0 heterocycles. The highest BCUT2D eigenvalue weighted by molar-refractivity contribution is 7.99. The summed E-state index contributed by atoms with van der Waals surface area (Å²) in [5.74, 6) is 0.793. The minimum Gasteiger partial charge on any atom is -0.326 e. The third kappa shape index (κ3) is 4.58. The maximum atomic E-state index is 11.9. The summed E-state index contributed by atoms with van der Waals surface area (Å²) in [6, 6.07) is 15.5. The van der Waals surface area contributed by atoms with Crippen LogP contribution in [0.4, 0.5) is 5.69 Å². The Balaban J connectivity index is 1.81. The predicted molar refractivity (Wildman–Crippen MR) is 86.6 cm³/mol. The molecule has 0 aliphatic carbocycles. The Hall–Kier alpha value is -1.45. The fraction of sp³-hybridized carbons (Fsp3) is 0.188. The van der Waals surface area contributed by atoms with Gasteiger partial charge < -0.3 is 5.32 Å². The molecule has 0 fully saturated rings. The third-order valence-corrected chi connectivity index (χ3v) is 4.05. The Morgan fingerprint density at radius 2 is 1.95 bits per heavy atom. The van der Waals surface area contributed by atoms with Crippen molar-refractivity contribution in [3.8, 4) is 0 Å². The van der Waals surface area contributed by atoms with Crippen LogP contribution in [0.15, 0.2) is 53.4 Å². The highest BCUT2D eigenvalue weighted by Crippen LogP contribution is 2.21. The van der Waals surface area contributed by atoms with E-state index in [9.17, 15) is 4.79 Å². The van der Waals surface area contributed by atoms with Crippen LogP contribution in [0.3, 0.4) is 0 Å². The minimum absolute atomic E-state index is 0.0267. The molecule has 0 saturated carbocycles. The number of hydrogen-bond acceptors (Lipinski definition) is 2. The monoisotopic (exact) mass is 305 g/mol. The van der Waals surface area contributed by atoms with Gasteiger partial charge in [-0.2, -0.15) is 0 Å². The van der Waals surface area contributed by atoms with E-state index in [1.165, 1.54) is 4.90 Å². The Kier molecular flexibility index (Phi) is 5.50. The summed E-state index contributed by atoms with van der Waals surface area (Å²) in [6.07, 6.45) is 0.488. The molecule has 0 spiro atoms. The lowest BCUT2D eigenvalue weighted by atomic mass is 10.2. The first-order chi connectivity index (χ1) is 9.65. The number of anilines is 1. The summed E-state index contributed by atoms with van der Waals surface area (Å²) < 4.78 is 0. The first kappa shape index (κ1) is 14.9. The summed E-state index contributed by atoms with van der Waals surface area (Å²) in [4.78, 5) is 13.1. The number of halogens is 1. The van der Waals surface area contributed by atoms with Crippen molar-refractivity contribution in [2.45, 2.75) is 18.2 Å². The molecule has 1 amide bonds. The van der Waals surface area contributed by atoms with Gasteiger partial charge in [0.05, 0.1) is 0 Å². The van der Waals surface area contributed by atoms with Crippen LogP contribution in [0.1, 0.15) is 12.0 Å². The molecule has 0 radical (unpaired) electrons. The molecule has 2 aromatic carbocycles. The first-order valence-corrected chi connectivity index (χ1v) is 7.75. The summed E-state index contributed by atoms with van der Waals surface area (Å²) in [5, 5.41) is 3.59. The van der Waals surface area contributed by atoms with Gasteiger partial charge >= 0.3 is 0 Å². The zero-order valence-corrected chi connectivity index (χ0v) is 12.8. The lowest BCUT2D eigenvalue weighted by Crippen LogP contribution is -2.13. The minimum atomic E-state index is 0.0267. The molecular formula is C16H16ClNOS. The molecule has 4 heteroatoms. The standard InChI is InChI=1S/C16H16ClNOS/c1-12-11-13(17)7-8-15(12)18-16(19)9-10-20-14-5-3-2-4-6-14/h2-8,11H,9-10H2,1H3,(H,18,19). The second-order valence-electron chi connectivity index (χ2n) is 4.42. The fourth-order valence-electron chi connectivity index (χ4n) is 1.76. The van der Waals surface area contributed by atoms with Crippen LogP contribution in [0.5, 0.6) is 0 Å². The van der Waals surface area contributed by atoms with Crippen molar-refractivity contribution in [2.75, 3.05) is 11.1 Å². The van der Waals surface area contributed by atoms with Crippen molar-refractivity contribution >= 4 is 35.0 Å². The number of thioether (sulfide) groups is 1. The Morgan fingerprint density at radius 3 is 2.65 bits per heavy atom. The van der Waals surface area contributed by atoms with Gasteiger partial charge in [0.15, 0.2) is 0 Å². The van der Waals surface area contributed by atoms with Crippen LogP contribution in [-0.2, 0) is 4.79 Å². The van der Waals surface area contributed by atoms with Gasteiger partial charge in [-0.05, 0) is 42.8 Å². The molecule has 1 N–H and O–H groups in total. The zero-order valence-electron chi connectivity index (χ0n) is 11.2. The van der Waals surface area contributed by atoms with Crippen molar-refractivity contribution < 1.29 is 4.79 Å². The van der Waals surface area contributed by atoms with Crippen LogP contribution in [-0.4, -0.2) is 11.7 Å². The molecule has 20 heavy (non-hydrogen) atoms. The summed E-state index contributed by atoms with van der Waals surface area (Å²) in [5.41, 5.74) is 1.80. The Bertz CT molecular complexity index is 586. The second kappa shape index (κ2) is 7.36. The van der Waals surface area contributed by atoms with Crippen LogP contribution in [0, 0.1) is 6.92 Å². The van der Waals surface area contributed by atoms with E-state index in [1.54, 1.807) is 17.8 Å². The average Bonchev–Trinajstić information content (AvgIpc) is 2.43. The highest BCUT2D eigenvalue weighted by Gasteiger charge is 2.05. The number of nitrogens with one attached hydrogen (secondary N) is 1. The molecule has 104 valence electrons. The largest absolute Gasteiger partial charge is 0.326 e. The van der Waals surface area contributed by atoms with Crippen LogP contribution in [0.2, 0.25) is 5.02 Å². The number of aryl methyl sites for hydroxylation is 1. The number of carbonyl (C=O) groups excluding carboxylic acids is 1. The van der Waals surface area contributed by atoms with Crippen molar-refractivity contribution in [1.82, 2.24) is 0 Å². The summed E-state index contributed by atoms with van der Waals surface area (Å²) in [6.45, 7) is 1.93. The molecule has 0 saturated heterocycles. The topological polar surface area (TPSA) is 29.1 Å². The molecule has 0 aliphatic heterocycles. The molecule has 0 bridgehead atoms. The van der Waals surface area contributed by atoms with Gasteiger partial charge in [0, 0.05) is 27.8 Å². The lowest BCUT2D eigenvalue weighted by molar-refractivity contribution is -0.115. The lowest BCUT2D eigenvalue weighted by Gasteiger charge is -2.08. The fourth-order valence-corrected chi connectivity index (χ4v) is 2.86. The van der Waals surface area contributed by atoms with E-state index in [0.717, 1.165) is 17.0 Å². The number of carbonyl (C=O) groups is 1. The van der Waals surface area contributed by atoms with E-state index < -0.39 is 0 Å². The molecule has 2 aromatic rings. The SMILES string of the molecule is Cc1cc(Cl)ccc1NC(=O)CCSc1ccccc1. The normalized spacial score (nSPS) is 10.3. The molecule has 2 rings (SSSR count). The molecular weight excluding hydrogens is 290 g/mol. The van der Waals surface area contributed by atoms with E-state index in [-0.39, 0.29) is 5.91 Å². The van der Waals surface area contributed by atoms with Gasteiger partial charge in [0.25, 0.3) is 0 Å². The van der Waals surface area contributed by atoms with Crippen molar-refractivity contribution in [3.63, 3.8) is 0 Å². The van der Waals surface area contributed by atoms with Crippen LogP contribution in [0.25, 0.3) is 0 Å². The van der Waals surface area contributed by atoms with Gasteiger partial charge in [-0.1, -0.05) is 29.8 Å². The van der Waals surface area contributed by atoms with Gasteiger partial charge in [-0.25, -0.2) is 0 Å². The van der Waals surface area contributed by atoms with Gasteiger partial charge in [0.1, 0.15) is 0 Å². The van der Waals surface area contributed by atoms with E-state index in [1.807, 2.05) is 49.4 Å². The van der Waals surface area contributed by atoms with E-state index in [2.05, 4.69) is 5.32 Å². The molecule has 0 unspecified atom stereocenters. The zero-order chi connectivity index (χ0) is 14.4. The molecule has 0 aromatic heterocycles.